The minimum absolute atomic E-state index is 0.0318. The van der Waals surface area contributed by atoms with Crippen LogP contribution in [0.5, 0.6) is 11.5 Å². The van der Waals surface area contributed by atoms with Crippen molar-refractivity contribution in [1.82, 2.24) is 15.1 Å². The van der Waals surface area contributed by atoms with E-state index in [4.69, 9.17) is 9.47 Å². The maximum atomic E-state index is 12.6. The molecule has 2 heterocycles. The Balaban J connectivity index is 1.39. The van der Waals surface area contributed by atoms with Crippen molar-refractivity contribution in [3.05, 3.63) is 59.7 Å². The summed E-state index contributed by atoms with van der Waals surface area (Å²) in [6.07, 6.45) is 0. The van der Waals surface area contributed by atoms with Crippen LogP contribution in [0.3, 0.4) is 0 Å². The molecular weight excluding hydrogens is 402 g/mol. The summed E-state index contributed by atoms with van der Waals surface area (Å²) in [7, 11) is 0. The molecule has 5 amide bonds. The lowest BCUT2D eigenvalue weighted by Gasteiger charge is -2.21. The highest BCUT2D eigenvalue weighted by Crippen LogP contribution is 2.32. The van der Waals surface area contributed by atoms with Crippen LogP contribution in [0.15, 0.2) is 48.5 Å². The summed E-state index contributed by atoms with van der Waals surface area (Å²) in [5.41, 5.74) is 1.48. The van der Waals surface area contributed by atoms with Gasteiger partial charge >= 0.3 is 17.8 Å². The number of fused-ring (bicyclic) bond motifs is 1. The molecule has 2 aliphatic heterocycles. The number of ether oxygens (including phenoxy) is 2. The van der Waals surface area contributed by atoms with Crippen molar-refractivity contribution in [2.45, 2.75) is 19.5 Å². The quantitative estimate of drug-likeness (QED) is 0.559. The predicted octanol–water partition coefficient (Wildman–Crippen LogP) is 1.63. The largest absolute Gasteiger partial charge is 0.486 e. The van der Waals surface area contributed by atoms with Crippen LogP contribution in [0.25, 0.3) is 0 Å². The van der Waals surface area contributed by atoms with Gasteiger partial charge in [-0.1, -0.05) is 36.4 Å². The minimum atomic E-state index is -1.01. The van der Waals surface area contributed by atoms with E-state index in [-0.39, 0.29) is 6.54 Å². The number of rotatable bonds is 6. The molecule has 1 fully saturated rings. The van der Waals surface area contributed by atoms with Crippen LogP contribution in [0, 0.1) is 0 Å². The van der Waals surface area contributed by atoms with E-state index < -0.39 is 36.3 Å². The summed E-state index contributed by atoms with van der Waals surface area (Å²) < 4.78 is 11.0. The summed E-state index contributed by atoms with van der Waals surface area (Å²) in [6, 6.07) is 13.0. The first-order valence-electron chi connectivity index (χ1n) is 9.84. The number of amides is 5. The first kappa shape index (κ1) is 20.4. The third-order valence-corrected chi connectivity index (χ3v) is 5.06. The highest BCUT2D eigenvalue weighted by atomic mass is 16.6. The highest BCUT2D eigenvalue weighted by molar-refractivity contribution is 6.44. The Labute approximate surface area is 178 Å². The smallest absolute Gasteiger partial charge is 0.335 e. The Hall–Kier alpha value is -3.88. The molecular formula is C22H21N3O6. The zero-order valence-electron chi connectivity index (χ0n) is 16.9. The van der Waals surface area contributed by atoms with Crippen molar-refractivity contribution in [1.29, 1.82) is 0 Å². The van der Waals surface area contributed by atoms with Crippen LogP contribution in [-0.2, 0) is 20.9 Å². The van der Waals surface area contributed by atoms with Gasteiger partial charge in [-0.05, 0) is 30.2 Å². The van der Waals surface area contributed by atoms with Gasteiger partial charge in [0.05, 0.1) is 12.6 Å². The van der Waals surface area contributed by atoms with Crippen molar-refractivity contribution >= 4 is 23.8 Å². The fourth-order valence-corrected chi connectivity index (χ4v) is 3.44. The van der Waals surface area contributed by atoms with Crippen LogP contribution in [0.1, 0.15) is 24.1 Å². The standard InChI is InChI=1S/C22H21N3O6/c1-14(16-7-8-17-18(11-16)31-10-9-30-17)23-19(26)13-25-21(28)20(27)24(22(25)29)12-15-5-3-2-4-6-15/h2-8,11,14H,9-10,12-13H2,1H3,(H,23,26)/t14-/m0/s1. The number of carbonyl (C=O) groups excluding carboxylic acids is 4. The predicted molar refractivity (Wildman–Crippen MR) is 108 cm³/mol. The lowest BCUT2D eigenvalue weighted by Crippen LogP contribution is -2.42. The Bertz CT molecular complexity index is 1040. The second-order valence-corrected chi connectivity index (χ2v) is 7.24. The van der Waals surface area contributed by atoms with E-state index in [1.54, 1.807) is 49.4 Å². The molecule has 31 heavy (non-hydrogen) atoms. The molecule has 4 rings (SSSR count). The van der Waals surface area contributed by atoms with E-state index >= 15 is 0 Å². The first-order chi connectivity index (χ1) is 14.9. The summed E-state index contributed by atoms with van der Waals surface area (Å²) in [5, 5.41) is 2.74. The summed E-state index contributed by atoms with van der Waals surface area (Å²) in [5.74, 6) is -1.28. The lowest BCUT2D eigenvalue weighted by atomic mass is 10.1. The topological polar surface area (TPSA) is 105 Å². The van der Waals surface area contributed by atoms with Crippen LogP contribution in [0.2, 0.25) is 0 Å². The van der Waals surface area contributed by atoms with Gasteiger partial charge in [-0.2, -0.15) is 0 Å². The Kier molecular flexibility index (Phi) is 5.57. The molecule has 1 saturated heterocycles. The number of benzene rings is 2. The van der Waals surface area contributed by atoms with Crippen molar-refractivity contribution in [2.24, 2.45) is 0 Å². The molecule has 0 bridgehead atoms. The van der Waals surface area contributed by atoms with E-state index in [1.165, 1.54) is 0 Å². The van der Waals surface area contributed by atoms with Gasteiger partial charge in [-0.15, -0.1) is 0 Å². The normalized spacial score (nSPS) is 16.5. The number of nitrogens with one attached hydrogen (secondary N) is 1. The fraction of sp³-hybridized carbons (Fsp3) is 0.273. The van der Waals surface area contributed by atoms with Crippen LogP contribution in [-0.4, -0.2) is 53.3 Å². The third kappa shape index (κ3) is 4.20. The molecule has 2 aromatic carbocycles. The van der Waals surface area contributed by atoms with E-state index in [2.05, 4.69) is 5.32 Å². The van der Waals surface area contributed by atoms with Crippen LogP contribution < -0.4 is 14.8 Å². The molecule has 1 N–H and O–H groups in total. The van der Waals surface area contributed by atoms with Gasteiger partial charge in [-0.25, -0.2) is 9.69 Å². The monoisotopic (exact) mass is 423 g/mol. The average molecular weight is 423 g/mol. The maximum absolute atomic E-state index is 12.6. The Morgan fingerprint density at radius 1 is 0.968 bits per heavy atom. The molecule has 0 spiro atoms. The van der Waals surface area contributed by atoms with E-state index in [0.29, 0.717) is 35.2 Å². The fourth-order valence-electron chi connectivity index (χ4n) is 3.44. The van der Waals surface area contributed by atoms with Crippen molar-refractivity contribution in [3.63, 3.8) is 0 Å². The number of nitrogens with zero attached hydrogens (tertiary/aromatic N) is 2. The van der Waals surface area contributed by atoms with Gasteiger partial charge in [0.15, 0.2) is 11.5 Å². The molecule has 2 aliphatic rings. The summed E-state index contributed by atoms with van der Waals surface area (Å²) >= 11 is 0. The Morgan fingerprint density at radius 2 is 1.65 bits per heavy atom. The molecule has 0 saturated carbocycles. The van der Waals surface area contributed by atoms with Gasteiger partial charge in [0.2, 0.25) is 5.91 Å². The molecule has 9 nitrogen and oxygen atoms in total. The third-order valence-electron chi connectivity index (χ3n) is 5.06. The summed E-state index contributed by atoms with van der Waals surface area (Å²) in [6.45, 7) is 2.13. The molecule has 0 unspecified atom stereocenters. The van der Waals surface area contributed by atoms with Gasteiger partial charge < -0.3 is 14.8 Å². The number of imide groups is 2. The molecule has 0 aromatic heterocycles. The molecule has 9 heteroatoms. The first-order valence-corrected chi connectivity index (χ1v) is 9.84. The molecule has 0 radical (unpaired) electrons. The van der Waals surface area contributed by atoms with Gasteiger partial charge in [-0.3, -0.25) is 19.3 Å². The molecule has 1 atom stereocenters. The zero-order valence-corrected chi connectivity index (χ0v) is 16.9. The van der Waals surface area contributed by atoms with Gasteiger partial charge in [0.25, 0.3) is 0 Å². The van der Waals surface area contributed by atoms with Gasteiger partial charge in [0.1, 0.15) is 19.8 Å². The number of urea groups is 1. The maximum Gasteiger partial charge on any atom is 0.335 e. The zero-order chi connectivity index (χ0) is 22.0. The average Bonchev–Trinajstić information content (AvgIpc) is 2.97. The number of hydrogen-bond donors (Lipinski definition) is 1. The van der Waals surface area contributed by atoms with E-state index in [0.717, 1.165) is 10.5 Å². The number of carbonyl (C=O) groups is 4. The molecule has 160 valence electrons. The van der Waals surface area contributed by atoms with Crippen LogP contribution in [0.4, 0.5) is 4.79 Å². The van der Waals surface area contributed by atoms with E-state index in [1.807, 2.05) is 6.07 Å². The van der Waals surface area contributed by atoms with E-state index in [9.17, 15) is 19.2 Å². The molecule has 0 aliphatic carbocycles. The highest BCUT2D eigenvalue weighted by Gasteiger charge is 2.45. The van der Waals surface area contributed by atoms with Gasteiger partial charge in [0, 0.05) is 0 Å². The number of hydrogen-bond acceptors (Lipinski definition) is 6. The SMILES string of the molecule is C[C@H](NC(=O)CN1C(=O)C(=O)N(Cc2ccccc2)C1=O)c1ccc2c(c1)OCCO2. The Morgan fingerprint density at radius 3 is 2.39 bits per heavy atom. The van der Waals surface area contributed by atoms with Crippen molar-refractivity contribution in [2.75, 3.05) is 19.8 Å². The van der Waals surface area contributed by atoms with Crippen molar-refractivity contribution < 1.29 is 28.7 Å². The second-order valence-electron chi connectivity index (χ2n) is 7.24. The lowest BCUT2D eigenvalue weighted by molar-refractivity contribution is -0.144. The second kappa shape index (κ2) is 8.47. The minimum Gasteiger partial charge on any atom is -0.486 e. The molecule has 2 aromatic rings. The van der Waals surface area contributed by atoms with Crippen LogP contribution >= 0.6 is 0 Å². The van der Waals surface area contributed by atoms with Crippen molar-refractivity contribution in [3.8, 4) is 11.5 Å². The summed E-state index contributed by atoms with van der Waals surface area (Å²) in [4.78, 5) is 51.1.